The van der Waals surface area contributed by atoms with E-state index in [9.17, 15) is 4.57 Å². The summed E-state index contributed by atoms with van der Waals surface area (Å²) in [5.74, 6) is 0. The lowest BCUT2D eigenvalue weighted by molar-refractivity contribution is 0.502. The Bertz CT molecular complexity index is 108. The SMILES string of the molecule is CCC[P+](=O)O.N=C=O. The van der Waals surface area contributed by atoms with Gasteiger partial charge in [-0.1, -0.05) is 6.92 Å². The Kier molecular flexibility index (Phi) is 13.1. The summed E-state index contributed by atoms with van der Waals surface area (Å²) >= 11 is 0. The molecule has 0 aromatic carbocycles. The van der Waals surface area contributed by atoms with Gasteiger partial charge in [0, 0.05) is 0 Å². The summed E-state index contributed by atoms with van der Waals surface area (Å²) in [4.78, 5) is 16.4. The molecular weight excluding hydrogens is 141 g/mol. The van der Waals surface area contributed by atoms with Crippen LogP contribution >= 0.6 is 8.03 Å². The molecule has 0 saturated heterocycles. The molecule has 0 aliphatic rings. The maximum atomic E-state index is 9.75. The first kappa shape index (κ1) is 11.3. The van der Waals surface area contributed by atoms with Crippen molar-refractivity contribution >= 4 is 14.1 Å². The number of rotatable bonds is 2. The number of isocyanates is 1. The highest BCUT2D eigenvalue weighted by atomic mass is 31.1. The lowest BCUT2D eigenvalue weighted by Crippen LogP contribution is -1.67. The predicted octanol–water partition coefficient (Wildman–Crippen LogP) is 1.03. The second-order valence-electron chi connectivity index (χ2n) is 1.18. The lowest BCUT2D eigenvalue weighted by atomic mass is 10.6. The van der Waals surface area contributed by atoms with E-state index in [2.05, 4.69) is 0 Å². The molecule has 0 aromatic rings. The molecule has 0 amide bonds. The molecule has 0 saturated carbocycles. The minimum absolute atomic E-state index is 0.440. The molecule has 9 heavy (non-hydrogen) atoms. The average Bonchev–Trinajstić information content (AvgIpc) is 1.67. The fourth-order valence-electron chi connectivity index (χ4n) is 0.191. The highest BCUT2D eigenvalue weighted by molar-refractivity contribution is 7.37. The van der Waals surface area contributed by atoms with Crippen LogP contribution in [0.15, 0.2) is 0 Å². The molecule has 1 atom stereocenters. The highest BCUT2D eigenvalue weighted by Gasteiger charge is 2.03. The third-order valence-corrected chi connectivity index (χ3v) is 1.24. The topological polar surface area (TPSA) is 78.2 Å². The maximum absolute atomic E-state index is 9.75. The summed E-state index contributed by atoms with van der Waals surface area (Å²) in [6.07, 6.45) is 1.99. The molecule has 0 aromatic heterocycles. The molecule has 0 radical (unpaired) electrons. The van der Waals surface area contributed by atoms with Gasteiger partial charge in [-0.2, -0.15) is 4.89 Å². The summed E-state index contributed by atoms with van der Waals surface area (Å²) in [5.41, 5.74) is 0. The normalized spacial score (nSPS) is 8.44. The summed E-state index contributed by atoms with van der Waals surface area (Å²) in [5, 5.41) is 5.40. The highest BCUT2D eigenvalue weighted by Crippen LogP contribution is 2.12. The van der Waals surface area contributed by atoms with Crippen molar-refractivity contribution in [1.82, 2.24) is 0 Å². The van der Waals surface area contributed by atoms with E-state index in [0.717, 1.165) is 12.5 Å². The van der Waals surface area contributed by atoms with Crippen LogP contribution in [0.2, 0.25) is 0 Å². The van der Waals surface area contributed by atoms with E-state index >= 15 is 0 Å². The van der Waals surface area contributed by atoms with Crippen molar-refractivity contribution in [3.8, 4) is 0 Å². The first-order valence-corrected chi connectivity index (χ1v) is 3.76. The number of carbonyl (C=O) groups excluding carboxylic acids is 1. The molecule has 0 rings (SSSR count). The molecule has 0 bridgehead atoms. The smallest absolute Gasteiger partial charge is 0.222 e. The molecular formula is C4H9NO3P+. The Labute approximate surface area is 54.3 Å². The van der Waals surface area contributed by atoms with Crippen LogP contribution in [0.3, 0.4) is 0 Å². The van der Waals surface area contributed by atoms with Gasteiger partial charge in [0.15, 0.2) is 6.16 Å². The van der Waals surface area contributed by atoms with Crippen molar-refractivity contribution in [3.05, 3.63) is 0 Å². The van der Waals surface area contributed by atoms with Crippen LogP contribution < -0.4 is 0 Å². The minimum atomic E-state index is -1.85. The quantitative estimate of drug-likeness (QED) is 0.350. The van der Waals surface area contributed by atoms with Crippen molar-refractivity contribution < 1.29 is 14.3 Å². The van der Waals surface area contributed by atoms with Crippen molar-refractivity contribution in [2.75, 3.05) is 6.16 Å². The fraction of sp³-hybridized carbons (Fsp3) is 0.750. The van der Waals surface area contributed by atoms with Crippen LogP contribution in [0.25, 0.3) is 0 Å². The molecule has 1 unspecified atom stereocenters. The van der Waals surface area contributed by atoms with E-state index in [-0.39, 0.29) is 0 Å². The third kappa shape index (κ3) is 37.0. The van der Waals surface area contributed by atoms with Gasteiger partial charge in [-0.25, -0.2) is 10.2 Å². The van der Waals surface area contributed by atoms with E-state index in [1.807, 2.05) is 6.92 Å². The van der Waals surface area contributed by atoms with Gasteiger partial charge in [0.1, 0.15) is 0 Å². The first-order chi connectivity index (χ1) is 4.18. The monoisotopic (exact) mass is 150 g/mol. The number of nitrogens with one attached hydrogen (secondary N) is 1. The zero-order valence-electron chi connectivity index (χ0n) is 5.13. The van der Waals surface area contributed by atoms with E-state index in [1.165, 1.54) is 0 Å². The summed E-state index contributed by atoms with van der Waals surface area (Å²) < 4.78 is 9.75. The molecule has 0 heterocycles. The van der Waals surface area contributed by atoms with Gasteiger partial charge < -0.3 is 0 Å². The second kappa shape index (κ2) is 10.4. The lowest BCUT2D eigenvalue weighted by Gasteiger charge is -1.65. The Hall–Kier alpha value is -0.560. The summed E-state index contributed by atoms with van der Waals surface area (Å²) in [6, 6.07) is 0. The fourth-order valence-corrected chi connectivity index (χ4v) is 0.574. The van der Waals surface area contributed by atoms with Crippen LogP contribution in [0, 0.1) is 5.41 Å². The van der Waals surface area contributed by atoms with E-state index in [0.29, 0.717) is 6.16 Å². The second-order valence-corrected chi connectivity index (χ2v) is 2.33. The van der Waals surface area contributed by atoms with Gasteiger partial charge in [-0.15, -0.1) is 0 Å². The largest absolute Gasteiger partial charge is 0.505 e. The standard InChI is InChI=1S/C3H7O2P.CHNO/c1-2-3-6(4)5;2-1-3/h2-3H2,1H3;2H/p+1. The Morgan fingerprint density at radius 1 is 1.78 bits per heavy atom. The van der Waals surface area contributed by atoms with Crippen LogP contribution in [0.1, 0.15) is 13.3 Å². The van der Waals surface area contributed by atoms with E-state index < -0.39 is 8.03 Å². The van der Waals surface area contributed by atoms with Crippen molar-refractivity contribution in [1.29, 1.82) is 5.41 Å². The summed E-state index contributed by atoms with van der Waals surface area (Å²) in [6.45, 7) is 1.88. The van der Waals surface area contributed by atoms with Crippen molar-refractivity contribution in [3.63, 3.8) is 0 Å². The predicted molar refractivity (Wildman–Crippen MR) is 33.4 cm³/mol. The molecule has 5 heteroatoms. The van der Waals surface area contributed by atoms with Gasteiger partial charge in [0.05, 0.1) is 0 Å². The number of hydrogen-bond acceptors (Lipinski definition) is 3. The van der Waals surface area contributed by atoms with Crippen LogP contribution in [0.5, 0.6) is 0 Å². The van der Waals surface area contributed by atoms with Crippen molar-refractivity contribution in [2.24, 2.45) is 0 Å². The molecule has 0 aliphatic carbocycles. The van der Waals surface area contributed by atoms with Crippen LogP contribution in [-0.2, 0) is 9.36 Å². The Morgan fingerprint density at radius 3 is 2.11 bits per heavy atom. The van der Waals surface area contributed by atoms with Gasteiger partial charge in [-0.3, -0.25) is 0 Å². The summed E-state index contributed by atoms with van der Waals surface area (Å²) in [7, 11) is -1.85. The molecule has 2 N–H and O–H groups in total. The van der Waals surface area contributed by atoms with Gasteiger partial charge in [-0.05, 0) is 11.0 Å². The first-order valence-electron chi connectivity index (χ1n) is 2.36. The van der Waals surface area contributed by atoms with Crippen LogP contribution in [-0.4, -0.2) is 17.1 Å². The zero-order chi connectivity index (χ0) is 7.70. The van der Waals surface area contributed by atoms with E-state index in [1.54, 1.807) is 0 Å². The Morgan fingerprint density at radius 2 is 2.11 bits per heavy atom. The third-order valence-electron chi connectivity index (χ3n) is 0.415. The van der Waals surface area contributed by atoms with Gasteiger partial charge >= 0.3 is 8.03 Å². The zero-order valence-corrected chi connectivity index (χ0v) is 6.02. The van der Waals surface area contributed by atoms with Crippen LogP contribution in [0.4, 0.5) is 0 Å². The maximum Gasteiger partial charge on any atom is 0.505 e. The Balaban J connectivity index is 0. The number of hydrogen-bond donors (Lipinski definition) is 2. The molecule has 0 aliphatic heterocycles. The van der Waals surface area contributed by atoms with Gasteiger partial charge in [0.2, 0.25) is 6.08 Å². The van der Waals surface area contributed by atoms with Crippen molar-refractivity contribution in [2.45, 2.75) is 13.3 Å². The molecule has 52 valence electrons. The minimum Gasteiger partial charge on any atom is -0.222 e. The van der Waals surface area contributed by atoms with E-state index in [4.69, 9.17) is 15.1 Å². The molecule has 4 nitrogen and oxygen atoms in total. The average molecular weight is 150 g/mol. The molecule has 0 spiro atoms. The van der Waals surface area contributed by atoms with Gasteiger partial charge in [0.25, 0.3) is 0 Å². The molecule has 0 fully saturated rings.